The van der Waals surface area contributed by atoms with Crippen LogP contribution in [0.1, 0.15) is 21.7 Å². The van der Waals surface area contributed by atoms with Gasteiger partial charge in [-0.2, -0.15) is 0 Å². The molecule has 0 aliphatic rings. The molecule has 100 valence electrons. The van der Waals surface area contributed by atoms with E-state index in [1.807, 2.05) is 29.6 Å². The van der Waals surface area contributed by atoms with Crippen LogP contribution in [-0.2, 0) is 6.42 Å². The Morgan fingerprint density at radius 1 is 1.20 bits per heavy atom. The van der Waals surface area contributed by atoms with Crippen molar-refractivity contribution in [1.29, 1.82) is 0 Å². The van der Waals surface area contributed by atoms with Gasteiger partial charge in [0.2, 0.25) is 0 Å². The lowest BCUT2D eigenvalue weighted by Gasteiger charge is -2.06. The van der Waals surface area contributed by atoms with E-state index >= 15 is 0 Å². The van der Waals surface area contributed by atoms with Crippen molar-refractivity contribution in [2.45, 2.75) is 17.7 Å². The second-order valence-electron chi connectivity index (χ2n) is 4.53. The van der Waals surface area contributed by atoms with E-state index in [1.165, 1.54) is 4.88 Å². The van der Waals surface area contributed by atoms with E-state index < -0.39 is 0 Å². The summed E-state index contributed by atoms with van der Waals surface area (Å²) in [6.45, 7) is 0. The number of aryl methyl sites for hydroxylation is 1. The highest BCUT2D eigenvalue weighted by Crippen LogP contribution is 2.24. The molecule has 2 nitrogen and oxygen atoms in total. The number of thiophene rings is 1. The number of benzene rings is 1. The van der Waals surface area contributed by atoms with Gasteiger partial charge in [0.15, 0.2) is 5.78 Å². The Kier molecular flexibility index (Phi) is 3.85. The van der Waals surface area contributed by atoms with Crippen molar-refractivity contribution in [3.63, 3.8) is 0 Å². The van der Waals surface area contributed by atoms with Crippen LogP contribution in [-0.4, -0.2) is 10.8 Å². The zero-order valence-electron chi connectivity index (χ0n) is 10.7. The fourth-order valence-corrected chi connectivity index (χ4v) is 3.20. The molecule has 4 heteroatoms. The summed E-state index contributed by atoms with van der Waals surface area (Å²) in [5.74, 6) is 0.157. The Balaban J connectivity index is 1.90. The quantitative estimate of drug-likeness (QED) is 0.571. The van der Waals surface area contributed by atoms with E-state index in [0.717, 1.165) is 27.8 Å². The lowest BCUT2D eigenvalue weighted by molar-refractivity contribution is 0.0984. The Morgan fingerprint density at radius 3 is 2.90 bits per heavy atom. The summed E-state index contributed by atoms with van der Waals surface area (Å²) >= 11 is 6.08. The number of carbonyl (C=O) groups excluding carboxylic acids is 1. The molecule has 0 unspecified atom stereocenters. The zero-order valence-corrected chi connectivity index (χ0v) is 12.5. The molecule has 3 rings (SSSR count). The number of Topliss-reactive ketones (excluding diaryl/α,β-unsaturated/α-hetero) is 1. The summed E-state index contributed by atoms with van der Waals surface area (Å²) in [6.07, 6.45) is 3.00. The number of carbonyl (C=O) groups is 1. The molecule has 0 aliphatic carbocycles. The van der Waals surface area contributed by atoms with Crippen LogP contribution in [0.3, 0.4) is 0 Å². The van der Waals surface area contributed by atoms with Crippen molar-refractivity contribution in [3.05, 3.63) is 58.4 Å². The molecule has 3 aromatic rings. The molecule has 0 radical (unpaired) electrons. The summed E-state index contributed by atoms with van der Waals surface area (Å²) in [5, 5.41) is 2.92. The van der Waals surface area contributed by atoms with Gasteiger partial charge in [-0.3, -0.25) is 9.78 Å². The highest BCUT2D eigenvalue weighted by atomic mass is 32.1. The number of ketones is 1. The first-order valence-corrected chi connectivity index (χ1v) is 7.70. The van der Waals surface area contributed by atoms with Crippen molar-refractivity contribution in [3.8, 4) is 0 Å². The molecule has 0 saturated carbocycles. The second-order valence-corrected chi connectivity index (χ2v) is 6.05. The minimum absolute atomic E-state index is 0.157. The molecule has 0 N–H and O–H groups in total. The Hall–Kier alpha value is -1.65. The van der Waals surface area contributed by atoms with E-state index in [1.54, 1.807) is 23.6 Å². The van der Waals surface area contributed by atoms with E-state index in [0.29, 0.717) is 6.42 Å². The fourth-order valence-electron chi connectivity index (χ4n) is 2.23. The van der Waals surface area contributed by atoms with Crippen LogP contribution in [0.15, 0.2) is 52.9 Å². The van der Waals surface area contributed by atoms with Gasteiger partial charge in [-0.25, -0.2) is 0 Å². The number of para-hydroxylation sites is 1. The molecule has 0 atom stereocenters. The van der Waals surface area contributed by atoms with Gasteiger partial charge in [0.1, 0.15) is 0 Å². The van der Waals surface area contributed by atoms with Crippen LogP contribution in [0.5, 0.6) is 0 Å². The van der Waals surface area contributed by atoms with Gasteiger partial charge in [-0.15, -0.1) is 24.0 Å². The largest absolute Gasteiger partial charge is 0.294 e. The monoisotopic (exact) mass is 299 g/mol. The molecule has 20 heavy (non-hydrogen) atoms. The molecule has 0 saturated heterocycles. The SMILES string of the molecule is O=C(CCc1cccs1)c1ccnc2c(S)cccc12. The van der Waals surface area contributed by atoms with Gasteiger partial charge in [-0.05, 0) is 30.0 Å². The molecule has 0 amide bonds. The predicted octanol–water partition coefficient (Wildman–Crippen LogP) is 4.40. The normalized spacial score (nSPS) is 10.8. The number of hydrogen-bond donors (Lipinski definition) is 1. The average molecular weight is 299 g/mol. The number of fused-ring (bicyclic) bond motifs is 1. The minimum atomic E-state index is 0.157. The van der Waals surface area contributed by atoms with Gasteiger partial charge in [0, 0.05) is 33.3 Å². The number of pyridine rings is 1. The first-order valence-electron chi connectivity index (χ1n) is 6.38. The molecule has 2 heterocycles. The van der Waals surface area contributed by atoms with E-state index in [4.69, 9.17) is 0 Å². The number of nitrogens with zero attached hydrogens (tertiary/aromatic N) is 1. The Labute approximate surface area is 126 Å². The standard InChI is InChI=1S/C16H13NOS2/c18-14(7-6-11-3-2-10-20-11)12-8-9-17-16-13(12)4-1-5-15(16)19/h1-5,8-10,19H,6-7H2. The third-order valence-corrected chi connectivity index (χ3v) is 4.53. The first kappa shape index (κ1) is 13.3. The van der Waals surface area contributed by atoms with Crippen molar-refractivity contribution in [2.24, 2.45) is 0 Å². The first-order chi connectivity index (χ1) is 9.75. The highest BCUT2D eigenvalue weighted by Gasteiger charge is 2.12. The van der Waals surface area contributed by atoms with Crippen LogP contribution in [0, 0.1) is 0 Å². The van der Waals surface area contributed by atoms with E-state index in [2.05, 4.69) is 23.7 Å². The maximum absolute atomic E-state index is 12.4. The topological polar surface area (TPSA) is 30.0 Å². The summed E-state index contributed by atoms with van der Waals surface area (Å²) in [5.41, 5.74) is 1.53. The van der Waals surface area contributed by atoms with Crippen LogP contribution < -0.4 is 0 Å². The van der Waals surface area contributed by atoms with Crippen molar-refractivity contribution < 1.29 is 4.79 Å². The van der Waals surface area contributed by atoms with Crippen molar-refractivity contribution >= 4 is 40.7 Å². The number of thiol groups is 1. The number of rotatable bonds is 4. The van der Waals surface area contributed by atoms with Crippen LogP contribution in [0.4, 0.5) is 0 Å². The summed E-state index contributed by atoms with van der Waals surface area (Å²) in [4.78, 5) is 18.8. The third-order valence-electron chi connectivity index (χ3n) is 3.23. The summed E-state index contributed by atoms with van der Waals surface area (Å²) in [7, 11) is 0. The Bertz CT molecular complexity index is 750. The van der Waals surface area contributed by atoms with Crippen LogP contribution >= 0.6 is 24.0 Å². The van der Waals surface area contributed by atoms with Crippen LogP contribution in [0.25, 0.3) is 10.9 Å². The highest BCUT2D eigenvalue weighted by molar-refractivity contribution is 7.80. The molecule has 0 fully saturated rings. The minimum Gasteiger partial charge on any atom is -0.294 e. The number of hydrogen-bond acceptors (Lipinski definition) is 4. The summed E-state index contributed by atoms with van der Waals surface area (Å²) in [6, 6.07) is 11.6. The van der Waals surface area contributed by atoms with Gasteiger partial charge < -0.3 is 0 Å². The maximum atomic E-state index is 12.4. The average Bonchev–Trinajstić information content (AvgIpc) is 2.98. The van der Waals surface area contributed by atoms with Gasteiger partial charge in [-0.1, -0.05) is 18.2 Å². The molecule has 0 spiro atoms. The lowest BCUT2D eigenvalue weighted by Crippen LogP contribution is -2.02. The Morgan fingerprint density at radius 2 is 2.10 bits per heavy atom. The maximum Gasteiger partial charge on any atom is 0.163 e. The molecular formula is C16H13NOS2. The molecule has 2 aromatic heterocycles. The number of aromatic nitrogens is 1. The van der Waals surface area contributed by atoms with Gasteiger partial charge >= 0.3 is 0 Å². The van der Waals surface area contributed by atoms with Crippen molar-refractivity contribution in [1.82, 2.24) is 4.98 Å². The smallest absolute Gasteiger partial charge is 0.163 e. The van der Waals surface area contributed by atoms with Crippen LogP contribution in [0.2, 0.25) is 0 Å². The van der Waals surface area contributed by atoms with Gasteiger partial charge in [0.05, 0.1) is 5.52 Å². The third kappa shape index (κ3) is 2.62. The molecule has 0 bridgehead atoms. The molecule has 1 aromatic carbocycles. The van der Waals surface area contributed by atoms with E-state index in [-0.39, 0.29) is 5.78 Å². The van der Waals surface area contributed by atoms with Crippen molar-refractivity contribution in [2.75, 3.05) is 0 Å². The molecular weight excluding hydrogens is 286 g/mol. The lowest BCUT2D eigenvalue weighted by atomic mass is 10.0. The van der Waals surface area contributed by atoms with Gasteiger partial charge in [0.25, 0.3) is 0 Å². The fraction of sp³-hybridized carbons (Fsp3) is 0.125. The second kappa shape index (κ2) is 5.77. The van der Waals surface area contributed by atoms with E-state index in [9.17, 15) is 4.79 Å². The molecule has 0 aliphatic heterocycles. The zero-order chi connectivity index (χ0) is 13.9. The predicted molar refractivity (Wildman–Crippen MR) is 86.0 cm³/mol. The summed E-state index contributed by atoms with van der Waals surface area (Å²) < 4.78 is 0.